The third kappa shape index (κ3) is 7.08. The van der Waals surface area contributed by atoms with Gasteiger partial charge < -0.3 is 19.6 Å². The van der Waals surface area contributed by atoms with Gasteiger partial charge >= 0.3 is 0 Å². The lowest BCUT2D eigenvalue weighted by molar-refractivity contribution is -0.112. The van der Waals surface area contributed by atoms with E-state index in [0.29, 0.717) is 29.4 Å². The molecule has 1 saturated carbocycles. The molecule has 0 atom stereocenters. The number of hydrogen-bond acceptors (Lipinski definition) is 8. The minimum atomic E-state index is -0.572. The number of halogens is 1. The van der Waals surface area contributed by atoms with E-state index in [0.717, 1.165) is 43.2 Å². The first-order valence-electron chi connectivity index (χ1n) is 11.6. The van der Waals surface area contributed by atoms with Crippen LogP contribution in [-0.4, -0.2) is 49.2 Å². The van der Waals surface area contributed by atoms with Crippen molar-refractivity contribution in [3.63, 3.8) is 0 Å². The molecule has 1 aromatic heterocycles. The average Bonchev–Trinajstić information content (AvgIpc) is 3.34. The Morgan fingerprint density at radius 1 is 1.25 bits per heavy atom. The van der Waals surface area contributed by atoms with E-state index in [1.54, 1.807) is 26.2 Å². The van der Waals surface area contributed by atoms with Crippen LogP contribution in [-0.2, 0) is 9.53 Å². The maximum atomic E-state index is 14.7. The predicted octanol–water partition coefficient (Wildman–Crippen LogP) is 5.44. The molecule has 36 heavy (non-hydrogen) atoms. The van der Waals surface area contributed by atoms with E-state index in [1.807, 2.05) is 0 Å². The van der Waals surface area contributed by atoms with Crippen LogP contribution in [0.5, 0.6) is 10.9 Å². The summed E-state index contributed by atoms with van der Waals surface area (Å²) in [5, 5.41) is 18.7. The minimum absolute atomic E-state index is 0.0757. The zero-order valence-corrected chi connectivity index (χ0v) is 21.5. The van der Waals surface area contributed by atoms with Crippen LogP contribution < -0.4 is 14.8 Å². The van der Waals surface area contributed by atoms with Crippen molar-refractivity contribution in [3.05, 3.63) is 59.5 Å². The number of methoxy groups -OCH3 is 2. The van der Waals surface area contributed by atoms with Gasteiger partial charge in [-0.05, 0) is 79.2 Å². The number of anilines is 1. The SMILES string of the molecule is C=C(/C(=C\C=C(/C)C=N)C(=O)Nc1nnc(OCC2CCC(OC)CC2)s1)c1c(F)cccc1OC. The molecule has 2 aromatic rings. The van der Waals surface area contributed by atoms with E-state index >= 15 is 0 Å². The predicted molar refractivity (Wildman–Crippen MR) is 139 cm³/mol. The summed E-state index contributed by atoms with van der Waals surface area (Å²) >= 11 is 1.11. The molecule has 3 rings (SSSR count). The lowest BCUT2D eigenvalue weighted by atomic mass is 9.88. The molecule has 1 aliphatic carbocycles. The average molecular weight is 515 g/mol. The molecule has 8 nitrogen and oxygen atoms in total. The van der Waals surface area contributed by atoms with Crippen LogP contribution in [0.25, 0.3) is 5.57 Å². The Bertz CT molecular complexity index is 1150. The second-order valence-electron chi connectivity index (χ2n) is 8.45. The zero-order valence-electron chi connectivity index (χ0n) is 20.7. The van der Waals surface area contributed by atoms with Crippen LogP contribution >= 0.6 is 11.3 Å². The van der Waals surface area contributed by atoms with Crippen molar-refractivity contribution in [2.45, 2.75) is 38.7 Å². The summed E-state index contributed by atoms with van der Waals surface area (Å²) in [6, 6.07) is 4.38. The molecule has 1 heterocycles. The molecule has 0 spiro atoms. The standard InChI is InChI=1S/C26H31FN4O4S/c1-16(14-28)8-13-20(17(2)23-21(27)6-5-7-22(23)34-4)24(32)29-25-30-31-26(36-25)35-15-18-9-11-19(33-3)12-10-18/h5-8,13-14,18-19,28H,2,9-12,15H2,1,3-4H3,(H,29,30,32)/b16-8+,20-13+,28-14?. The van der Waals surface area contributed by atoms with E-state index in [-0.39, 0.29) is 27.6 Å². The molecule has 1 fully saturated rings. The number of amides is 1. The molecule has 0 aliphatic heterocycles. The van der Waals surface area contributed by atoms with Gasteiger partial charge in [0.2, 0.25) is 5.13 Å². The number of ether oxygens (including phenoxy) is 3. The number of hydrogen-bond donors (Lipinski definition) is 2. The smallest absolute Gasteiger partial charge is 0.295 e. The Balaban J connectivity index is 1.73. The number of rotatable bonds is 11. The largest absolute Gasteiger partial charge is 0.496 e. The van der Waals surface area contributed by atoms with Gasteiger partial charge in [-0.25, -0.2) is 4.39 Å². The highest BCUT2D eigenvalue weighted by atomic mass is 32.1. The Labute approximate surface area is 214 Å². The molecule has 10 heteroatoms. The van der Waals surface area contributed by atoms with Crippen molar-refractivity contribution in [3.8, 4) is 10.9 Å². The molecule has 1 amide bonds. The number of carbonyl (C=O) groups is 1. The van der Waals surface area contributed by atoms with Gasteiger partial charge in [0.1, 0.15) is 11.6 Å². The Hall–Kier alpha value is -3.37. The van der Waals surface area contributed by atoms with Gasteiger partial charge in [-0.15, -0.1) is 5.10 Å². The van der Waals surface area contributed by atoms with Crippen molar-refractivity contribution in [2.75, 3.05) is 26.1 Å². The van der Waals surface area contributed by atoms with Crippen LogP contribution in [0.3, 0.4) is 0 Å². The summed E-state index contributed by atoms with van der Waals surface area (Å²) in [7, 11) is 3.16. The Morgan fingerprint density at radius 2 is 2.00 bits per heavy atom. The highest BCUT2D eigenvalue weighted by Gasteiger charge is 2.23. The number of carbonyl (C=O) groups excluding carboxylic acids is 1. The fourth-order valence-electron chi connectivity index (χ4n) is 3.88. The number of nitrogens with one attached hydrogen (secondary N) is 2. The molecule has 1 aromatic carbocycles. The third-order valence-corrected chi connectivity index (χ3v) is 6.76. The van der Waals surface area contributed by atoms with Crippen LogP contribution in [0.1, 0.15) is 38.2 Å². The highest BCUT2D eigenvalue weighted by Crippen LogP contribution is 2.33. The minimum Gasteiger partial charge on any atom is -0.496 e. The van der Waals surface area contributed by atoms with Crippen LogP contribution in [0, 0.1) is 17.1 Å². The van der Waals surface area contributed by atoms with Crippen molar-refractivity contribution >= 4 is 34.2 Å². The molecule has 1 aliphatic rings. The zero-order chi connectivity index (χ0) is 26.1. The fraction of sp³-hybridized carbons (Fsp3) is 0.385. The molecular formula is C26H31FN4O4S. The number of nitrogens with zero attached hydrogens (tertiary/aromatic N) is 2. The summed E-state index contributed by atoms with van der Waals surface area (Å²) < 4.78 is 31.2. The van der Waals surface area contributed by atoms with Gasteiger partial charge in [0, 0.05) is 18.9 Å². The van der Waals surface area contributed by atoms with Gasteiger partial charge in [0.25, 0.3) is 11.1 Å². The molecule has 0 unspecified atom stereocenters. The maximum Gasteiger partial charge on any atom is 0.295 e. The Morgan fingerprint density at radius 3 is 2.67 bits per heavy atom. The molecule has 0 radical (unpaired) electrons. The van der Waals surface area contributed by atoms with Crippen molar-refractivity contribution in [2.24, 2.45) is 5.92 Å². The van der Waals surface area contributed by atoms with Gasteiger partial charge in [0.05, 0.1) is 25.4 Å². The monoisotopic (exact) mass is 514 g/mol. The summed E-state index contributed by atoms with van der Waals surface area (Å²) in [6.45, 7) is 6.20. The van der Waals surface area contributed by atoms with Gasteiger partial charge in [-0.2, -0.15) is 0 Å². The molecule has 0 bridgehead atoms. The third-order valence-electron chi connectivity index (χ3n) is 6.00. The summed E-state index contributed by atoms with van der Waals surface area (Å²) in [4.78, 5) is 13.2. The fourth-order valence-corrected chi connectivity index (χ4v) is 4.48. The van der Waals surface area contributed by atoms with E-state index in [4.69, 9.17) is 19.6 Å². The van der Waals surface area contributed by atoms with Crippen LogP contribution in [0.4, 0.5) is 9.52 Å². The summed E-state index contributed by atoms with van der Waals surface area (Å²) in [5.74, 6) is -0.453. The van der Waals surface area contributed by atoms with Gasteiger partial charge in [-0.1, -0.05) is 23.8 Å². The van der Waals surface area contributed by atoms with E-state index < -0.39 is 11.7 Å². The lowest BCUT2D eigenvalue weighted by Gasteiger charge is -2.26. The van der Waals surface area contributed by atoms with Crippen LogP contribution in [0.2, 0.25) is 0 Å². The first-order valence-corrected chi connectivity index (χ1v) is 12.4. The van der Waals surface area contributed by atoms with Crippen molar-refractivity contribution < 1.29 is 23.4 Å². The second kappa shape index (κ2) is 13.1. The molecular weight excluding hydrogens is 483 g/mol. The van der Waals surface area contributed by atoms with E-state index in [9.17, 15) is 9.18 Å². The van der Waals surface area contributed by atoms with Gasteiger partial charge in [0.15, 0.2) is 0 Å². The topological polar surface area (TPSA) is 106 Å². The van der Waals surface area contributed by atoms with Crippen molar-refractivity contribution in [1.82, 2.24) is 10.2 Å². The number of benzene rings is 1. The van der Waals surface area contributed by atoms with E-state index in [2.05, 4.69) is 22.1 Å². The number of allylic oxidation sites excluding steroid dienone is 3. The highest BCUT2D eigenvalue weighted by molar-refractivity contribution is 7.17. The lowest BCUT2D eigenvalue weighted by Crippen LogP contribution is -2.24. The van der Waals surface area contributed by atoms with E-state index in [1.165, 1.54) is 25.3 Å². The maximum absolute atomic E-state index is 14.7. The van der Waals surface area contributed by atoms with Crippen LogP contribution in [0.15, 0.2) is 48.1 Å². The van der Waals surface area contributed by atoms with Crippen molar-refractivity contribution in [1.29, 1.82) is 5.41 Å². The normalized spacial score (nSPS) is 18.4. The van der Waals surface area contributed by atoms with Gasteiger partial charge in [-0.3, -0.25) is 10.1 Å². The quantitative estimate of drug-likeness (QED) is 0.235. The second-order valence-corrected chi connectivity index (χ2v) is 9.39. The molecule has 192 valence electrons. The molecule has 2 N–H and O–H groups in total. The first-order chi connectivity index (χ1) is 17.4. The first kappa shape index (κ1) is 27.2. The summed E-state index contributed by atoms with van der Waals surface area (Å²) in [5.41, 5.74) is 0.892. The number of aromatic nitrogens is 2. The summed E-state index contributed by atoms with van der Waals surface area (Å²) in [6.07, 6.45) is 8.61. The molecule has 0 saturated heterocycles. The Kier molecular flexibility index (Phi) is 9.89.